The first-order valence-corrected chi connectivity index (χ1v) is 5.59. The van der Waals surface area contributed by atoms with Crippen molar-refractivity contribution in [1.29, 1.82) is 0 Å². The Morgan fingerprint density at radius 2 is 2.19 bits per heavy atom. The van der Waals surface area contributed by atoms with Gasteiger partial charge in [0, 0.05) is 11.6 Å². The molecule has 0 heterocycles. The van der Waals surface area contributed by atoms with Crippen LogP contribution in [0.15, 0.2) is 30.4 Å². The molecule has 0 aliphatic carbocycles. The SMILES string of the molecule is C=C(C)CCC(N)c1ccc(C)cc1OC. The highest BCUT2D eigenvalue weighted by Crippen LogP contribution is 2.28. The average Bonchev–Trinajstić information content (AvgIpc) is 2.25. The first-order valence-electron chi connectivity index (χ1n) is 5.59. The molecule has 88 valence electrons. The Kier molecular flexibility index (Phi) is 4.56. The third-order valence-electron chi connectivity index (χ3n) is 2.67. The third-order valence-corrected chi connectivity index (χ3v) is 2.67. The largest absolute Gasteiger partial charge is 0.496 e. The van der Waals surface area contributed by atoms with Crippen LogP contribution in [-0.4, -0.2) is 7.11 Å². The van der Waals surface area contributed by atoms with Crippen molar-refractivity contribution in [2.24, 2.45) is 5.73 Å². The molecule has 0 fully saturated rings. The molecule has 2 heteroatoms. The molecule has 1 aromatic carbocycles. The Morgan fingerprint density at radius 3 is 2.75 bits per heavy atom. The van der Waals surface area contributed by atoms with Crippen LogP contribution in [0.4, 0.5) is 0 Å². The Balaban J connectivity index is 2.81. The van der Waals surface area contributed by atoms with Gasteiger partial charge in [-0.1, -0.05) is 17.7 Å². The number of allylic oxidation sites excluding steroid dienone is 1. The van der Waals surface area contributed by atoms with Gasteiger partial charge in [0.1, 0.15) is 5.75 Å². The van der Waals surface area contributed by atoms with Gasteiger partial charge in [0.05, 0.1) is 7.11 Å². The van der Waals surface area contributed by atoms with Crippen molar-refractivity contribution in [2.75, 3.05) is 7.11 Å². The highest BCUT2D eigenvalue weighted by molar-refractivity contribution is 5.39. The first-order chi connectivity index (χ1) is 7.54. The zero-order valence-electron chi connectivity index (χ0n) is 10.4. The van der Waals surface area contributed by atoms with E-state index < -0.39 is 0 Å². The van der Waals surface area contributed by atoms with Crippen LogP contribution in [0.1, 0.15) is 36.9 Å². The topological polar surface area (TPSA) is 35.2 Å². The fraction of sp³-hybridized carbons (Fsp3) is 0.429. The number of aryl methyl sites for hydroxylation is 1. The highest BCUT2D eigenvalue weighted by atomic mass is 16.5. The van der Waals surface area contributed by atoms with Crippen LogP contribution in [0, 0.1) is 6.92 Å². The van der Waals surface area contributed by atoms with Crippen LogP contribution in [0.25, 0.3) is 0 Å². The smallest absolute Gasteiger partial charge is 0.123 e. The van der Waals surface area contributed by atoms with Crippen molar-refractivity contribution >= 4 is 0 Å². The maximum absolute atomic E-state index is 6.15. The predicted molar refractivity (Wildman–Crippen MR) is 68.7 cm³/mol. The molecule has 0 radical (unpaired) electrons. The molecule has 1 aromatic rings. The molecule has 2 nitrogen and oxygen atoms in total. The summed E-state index contributed by atoms with van der Waals surface area (Å²) < 4.78 is 5.35. The van der Waals surface area contributed by atoms with Gasteiger partial charge in [-0.3, -0.25) is 0 Å². The van der Waals surface area contributed by atoms with Gasteiger partial charge in [0.2, 0.25) is 0 Å². The third kappa shape index (κ3) is 3.38. The minimum Gasteiger partial charge on any atom is -0.496 e. The molecule has 0 aliphatic rings. The van der Waals surface area contributed by atoms with Gasteiger partial charge in [-0.15, -0.1) is 6.58 Å². The molecule has 1 unspecified atom stereocenters. The van der Waals surface area contributed by atoms with Gasteiger partial charge in [-0.05, 0) is 38.3 Å². The average molecular weight is 219 g/mol. The summed E-state index contributed by atoms with van der Waals surface area (Å²) in [7, 11) is 1.68. The van der Waals surface area contributed by atoms with Crippen LogP contribution in [0.2, 0.25) is 0 Å². The number of nitrogens with two attached hydrogens (primary N) is 1. The Morgan fingerprint density at radius 1 is 1.50 bits per heavy atom. The maximum Gasteiger partial charge on any atom is 0.123 e. The van der Waals surface area contributed by atoms with Crippen LogP contribution in [-0.2, 0) is 0 Å². The van der Waals surface area contributed by atoms with Crippen molar-refractivity contribution in [2.45, 2.75) is 32.7 Å². The Labute approximate surface area is 98.1 Å². The monoisotopic (exact) mass is 219 g/mol. The second kappa shape index (κ2) is 5.71. The predicted octanol–water partition coefficient (Wildman–Crippen LogP) is 3.36. The van der Waals surface area contributed by atoms with Crippen molar-refractivity contribution in [1.82, 2.24) is 0 Å². The van der Waals surface area contributed by atoms with Gasteiger partial charge in [0.15, 0.2) is 0 Å². The van der Waals surface area contributed by atoms with Gasteiger partial charge >= 0.3 is 0 Å². The van der Waals surface area contributed by atoms with Crippen LogP contribution in [0.3, 0.4) is 0 Å². The quantitative estimate of drug-likeness (QED) is 0.771. The summed E-state index contributed by atoms with van der Waals surface area (Å²) in [5, 5.41) is 0. The molecule has 0 saturated heterocycles. The minimum absolute atomic E-state index is 0.0206. The van der Waals surface area contributed by atoms with E-state index in [1.54, 1.807) is 7.11 Å². The van der Waals surface area contributed by atoms with E-state index in [-0.39, 0.29) is 6.04 Å². The zero-order chi connectivity index (χ0) is 12.1. The zero-order valence-corrected chi connectivity index (χ0v) is 10.4. The second-order valence-corrected chi connectivity index (χ2v) is 4.35. The molecule has 0 saturated carbocycles. The van der Waals surface area contributed by atoms with E-state index in [9.17, 15) is 0 Å². The molecule has 1 atom stereocenters. The van der Waals surface area contributed by atoms with E-state index in [1.807, 2.05) is 19.9 Å². The molecule has 0 amide bonds. The summed E-state index contributed by atoms with van der Waals surface area (Å²) in [6.07, 6.45) is 1.87. The van der Waals surface area contributed by atoms with Gasteiger partial charge in [-0.2, -0.15) is 0 Å². The molecule has 0 bridgehead atoms. The Hall–Kier alpha value is -1.28. The van der Waals surface area contributed by atoms with E-state index in [0.717, 1.165) is 24.2 Å². The summed E-state index contributed by atoms with van der Waals surface area (Å²) in [4.78, 5) is 0. The molecule has 0 aromatic heterocycles. The van der Waals surface area contributed by atoms with Crippen molar-refractivity contribution in [3.8, 4) is 5.75 Å². The number of ether oxygens (including phenoxy) is 1. The summed E-state index contributed by atoms with van der Waals surface area (Å²) in [5.74, 6) is 0.884. The van der Waals surface area contributed by atoms with Gasteiger partial charge < -0.3 is 10.5 Å². The second-order valence-electron chi connectivity index (χ2n) is 4.35. The summed E-state index contributed by atoms with van der Waals surface area (Å²) in [5.41, 5.74) is 9.58. The number of methoxy groups -OCH3 is 1. The number of benzene rings is 1. The molecule has 0 aliphatic heterocycles. The van der Waals surface area contributed by atoms with Crippen LogP contribution >= 0.6 is 0 Å². The number of hydrogen-bond donors (Lipinski definition) is 1. The summed E-state index contributed by atoms with van der Waals surface area (Å²) in [6, 6.07) is 6.17. The molecule has 2 N–H and O–H groups in total. The highest BCUT2D eigenvalue weighted by Gasteiger charge is 2.11. The van der Waals surface area contributed by atoms with E-state index >= 15 is 0 Å². The lowest BCUT2D eigenvalue weighted by molar-refractivity contribution is 0.404. The van der Waals surface area contributed by atoms with Crippen molar-refractivity contribution < 1.29 is 4.74 Å². The van der Waals surface area contributed by atoms with Gasteiger partial charge in [-0.25, -0.2) is 0 Å². The Bertz CT molecular complexity index is 371. The molecule has 0 spiro atoms. The standard InChI is InChI=1S/C14H21NO/c1-10(2)5-8-13(15)12-7-6-11(3)9-14(12)16-4/h6-7,9,13H,1,5,8,15H2,2-4H3. The maximum atomic E-state index is 6.15. The summed E-state index contributed by atoms with van der Waals surface area (Å²) >= 11 is 0. The number of rotatable bonds is 5. The molecular weight excluding hydrogens is 198 g/mol. The molecular formula is C14H21NO. The van der Waals surface area contributed by atoms with E-state index in [0.29, 0.717) is 0 Å². The number of hydrogen-bond acceptors (Lipinski definition) is 2. The van der Waals surface area contributed by atoms with E-state index in [1.165, 1.54) is 11.1 Å². The van der Waals surface area contributed by atoms with Crippen molar-refractivity contribution in [3.63, 3.8) is 0 Å². The fourth-order valence-corrected chi connectivity index (χ4v) is 1.68. The van der Waals surface area contributed by atoms with E-state index in [2.05, 4.69) is 18.7 Å². The molecule has 1 rings (SSSR count). The summed E-state index contributed by atoms with van der Waals surface area (Å²) in [6.45, 7) is 7.96. The lowest BCUT2D eigenvalue weighted by Gasteiger charge is -2.16. The van der Waals surface area contributed by atoms with Crippen LogP contribution in [0.5, 0.6) is 5.75 Å². The normalized spacial score (nSPS) is 12.2. The van der Waals surface area contributed by atoms with Gasteiger partial charge in [0.25, 0.3) is 0 Å². The van der Waals surface area contributed by atoms with Crippen LogP contribution < -0.4 is 10.5 Å². The fourth-order valence-electron chi connectivity index (χ4n) is 1.68. The van der Waals surface area contributed by atoms with Crippen molar-refractivity contribution in [3.05, 3.63) is 41.5 Å². The first kappa shape index (κ1) is 12.8. The lowest BCUT2D eigenvalue weighted by atomic mass is 9.99. The minimum atomic E-state index is 0.0206. The lowest BCUT2D eigenvalue weighted by Crippen LogP contribution is -2.11. The van der Waals surface area contributed by atoms with E-state index in [4.69, 9.17) is 10.5 Å². The molecule has 16 heavy (non-hydrogen) atoms.